The maximum absolute atomic E-state index is 14.9. The van der Waals surface area contributed by atoms with E-state index in [1.54, 1.807) is 12.1 Å². The average molecular weight is 419 g/mol. The fourth-order valence-corrected chi connectivity index (χ4v) is 5.07. The Balaban J connectivity index is 1.87. The molecule has 1 atom stereocenters. The first kappa shape index (κ1) is 17.8. The van der Waals surface area contributed by atoms with E-state index in [1.165, 1.54) is 17.4 Å². The summed E-state index contributed by atoms with van der Waals surface area (Å²) in [5.41, 5.74) is 2.38. The fraction of sp³-hybridized carbons (Fsp3) is 0.316. The number of halogens is 2. The highest BCUT2D eigenvalue weighted by Gasteiger charge is 2.34. The van der Waals surface area contributed by atoms with Crippen molar-refractivity contribution in [1.82, 2.24) is 14.8 Å². The first-order valence-electron chi connectivity index (χ1n) is 8.87. The second-order valence-corrected chi connectivity index (χ2v) is 8.01. The standard InChI is InChI=1S/C19H16ClFN4O2S/c1-9-17-24-23-10(2)25(17)18-14(11-8-26-6-7-27-19(11)28-18)16(22-9)15-12(20)4-3-5-13(15)21/h3-5,9H,6-8H2,1-2H3/t9-/m0/s1. The third kappa shape index (κ3) is 2.59. The maximum atomic E-state index is 14.9. The van der Waals surface area contributed by atoms with Crippen molar-refractivity contribution in [3.05, 3.63) is 57.4 Å². The van der Waals surface area contributed by atoms with Crippen LogP contribution in [0.3, 0.4) is 0 Å². The van der Waals surface area contributed by atoms with Crippen molar-refractivity contribution in [2.24, 2.45) is 4.99 Å². The Bertz CT molecular complexity index is 1100. The summed E-state index contributed by atoms with van der Waals surface area (Å²) in [6, 6.07) is 4.32. The van der Waals surface area contributed by atoms with E-state index >= 15 is 0 Å². The summed E-state index contributed by atoms with van der Waals surface area (Å²) < 4.78 is 28.5. The van der Waals surface area contributed by atoms with Gasteiger partial charge in [-0.1, -0.05) is 29.0 Å². The van der Waals surface area contributed by atoms with Gasteiger partial charge in [-0.15, -0.1) is 10.2 Å². The van der Waals surface area contributed by atoms with Crippen LogP contribution < -0.4 is 4.74 Å². The Hall–Kier alpha value is -2.29. The molecule has 3 aromatic rings. The Morgan fingerprint density at radius 2 is 2.11 bits per heavy atom. The van der Waals surface area contributed by atoms with Crippen molar-refractivity contribution in [3.8, 4) is 10.1 Å². The molecular weight excluding hydrogens is 403 g/mol. The quantitative estimate of drug-likeness (QED) is 0.592. The van der Waals surface area contributed by atoms with Gasteiger partial charge in [0.25, 0.3) is 0 Å². The molecule has 0 radical (unpaired) electrons. The van der Waals surface area contributed by atoms with Crippen molar-refractivity contribution in [3.63, 3.8) is 0 Å². The molecule has 4 heterocycles. The van der Waals surface area contributed by atoms with Crippen LogP contribution in [-0.4, -0.2) is 33.7 Å². The van der Waals surface area contributed by atoms with Crippen molar-refractivity contribution >= 4 is 28.6 Å². The summed E-state index contributed by atoms with van der Waals surface area (Å²) >= 11 is 7.89. The highest BCUT2D eigenvalue weighted by molar-refractivity contribution is 7.17. The second-order valence-electron chi connectivity index (χ2n) is 6.64. The molecule has 2 aliphatic heterocycles. The number of hydrogen-bond donors (Lipinski definition) is 0. The number of aryl methyl sites for hydroxylation is 1. The van der Waals surface area contributed by atoms with Gasteiger partial charge in [-0.25, -0.2) is 4.39 Å². The van der Waals surface area contributed by atoms with Crippen LogP contribution in [-0.2, 0) is 11.3 Å². The number of ether oxygens (including phenoxy) is 2. The second kappa shape index (κ2) is 6.65. The Morgan fingerprint density at radius 1 is 1.25 bits per heavy atom. The lowest BCUT2D eigenvalue weighted by Crippen LogP contribution is -2.11. The molecule has 2 aliphatic rings. The van der Waals surface area contributed by atoms with Gasteiger partial charge in [-0.3, -0.25) is 9.56 Å². The van der Waals surface area contributed by atoms with Crippen LogP contribution in [0.2, 0.25) is 5.02 Å². The summed E-state index contributed by atoms with van der Waals surface area (Å²) in [5.74, 6) is 1.00. The summed E-state index contributed by atoms with van der Waals surface area (Å²) in [7, 11) is 0. The highest BCUT2D eigenvalue weighted by Crippen LogP contribution is 2.45. The summed E-state index contributed by atoms with van der Waals surface area (Å²) in [5, 5.41) is 10.4. The molecule has 0 saturated heterocycles. The number of thiophene rings is 1. The number of aromatic nitrogens is 3. The number of aliphatic imine (C=N–C) groups is 1. The van der Waals surface area contributed by atoms with E-state index in [4.69, 9.17) is 26.1 Å². The Labute approximate surface area is 169 Å². The van der Waals surface area contributed by atoms with Gasteiger partial charge in [0.1, 0.15) is 29.3 Å². The lowest BCUT2D eigenvalue weighted by atomic mass is 9.99. The number of hydrogen-bond acceptors (Lipinski definition) is 6. The number of nitrogens with zero attached hydrogens (tertiary/aromatic N) is 4. The highest BCUT2D eigenvalue weighted by atomic mass is 35.5. The zero-order valence-corrected chi connectivity index (χ0v) is 16.8. The molecule has 1 aromatic carbocycles. The van der Waals surface area contributed by atoms with Gasteiger partial charge < -0.3 is 9.47 Å². The van der Waals surface area contributed by atoms with E-state index < -0.39 is 5.82 Å². The minimum absolute atomic E-state index is 0.276. The smallest absolute Gasteiger partial charge is 0.182 e. The molecule has 28 heavy (non-hydrogen) atoms. The van der Waals surface area contributed by atoms with Crippen LogP contribution in [0.15, 0.2) is 23.2 Å². The molecule has 0 bridgehead atoms. The molecule has 0 saturated carbocycles. The molecule has 6 nitrogen and oxygen atoms in total. The van der Waals surface area contributed by atoms with Gasteiger partial charge in [0, 0.05) is 11.1 Å². The van der Waals surface area contributed by atoms with Crippen LogP contribution in [0, 0.1) is 12.7 Å². The zero-order chi connectivity index (χ0) is 19.4. The minimum Gasteiger partial charge on any atom is -0.481 e. The topological polar surface area (TPSA) is 61.5 Å². The number of benzene rings is 1. The predicted octanol–water partition coefficient (Wildman–Crippen LogP) is 4.25. The molecule has 0 fully saturated rings. The summed E-state index contributed by atoms with van der Waals surface area (Å²) in [6.45, 7) is 5.12. The lowest BCUT2D eigenvalue weighted by molar-refractivity contribution is 0.107. The average Bonchev–Trinajstić information content (AvgIpc) is 3.08. The van der Waals surface area contributed by atoms with Crippen LogP contribution in [0.5, 0.6) is 5.06 Å². The van der Waals surface area contributed by atoms with E-state index in [-0.39, 0.29) is 11.6 Å². The van der Waals surface area contributed by atoms with E-state index in [2.05, 4.69) is 10.2 Å². The zero-order valence-electron chi connectivity index (χ0n) is 15.2. The van der Waals surface area contributed by atoms with Gasteiger partial charge in [-0.05, 0) is 26.0 Å². The SMILES string of the molecule is Cc1nnc2n1-c1sc3c(c1C(c1c(F)cccc1Cl)=N[C@H]2C)COCCO3. The molecule has 0 N–H and O–H groups in total. The van der Waals surface area contributed by atoms with Crippen LogP contribution >= 0.6 is 22.9 Å². The lowest BCUT2D eigenvalue weighted by Gasteiger charge is -2.12. The molecular formula is C19H16ClFN4O2S. The van der Waals surface area contributed by atoms with Gasteiger partial charge in [0.2, 0.25) is 0 Å². The van der Waals surface area contributed by atoms with E-state index in [0.29, 0.717) is 36.4 Å². The van der Waals surface area contributed by atoms with Crippen molar-refractivity contribution in [2.75, 3.05) is 13.2 Å². The molecule has 2 aromatic heterocycles. The monoisotopic (exact) mass is 418 g/mol. The van der Waals surface area contributed by atoms with Gasteiger partial charge >= 0.3 is 0 Å². The third-order valence-electron chi connectivity index (χ3n) is 4.84. The third-order valence-corrected chi connectivity index (χ3v) is 6.29. The fourth-order valence-electron chi connectivity index (χ4n) is 3.58. The van der Waals surface area contributed by atoms with E-state index in [1.807, 2.05) is 18.4 Å². The summed E-state index contributed by atoms with van der Waals surface area (Å²) in [6.07, 6.45) is 0. The Kier molecular flexibility index (Phi) is 4.22. The number of rotatable bonds is 1. The Morgan fingerprint density at radius 3 is 2.93 bits per heavy atom. The van der Waals surface area contributed by atoms with E-state index in [9.17, 15) is 4.39 Å². The minimum atomic E-state index is -0.422. The van der Waals surface area contributed by atoms with Crippen LogP contribution in [0.1, 0.15) is 41.3 Å². The molecule has 9 heteroatoms. The van der Waals surface area contributed by atoms with Crippen molar-refractivity contribution in [2.45, 2.75) is 26.5 Å². The molecule has 0 amide bonds. The first-order chi connectivity index (χ1) is 13.6. The molecule has 0 spiro atoms. The van der Waals surface area contributed by atoms with E-state index in [0.717, 1.165) is 27.0 Å². The van der Waals surface area contributed by atoms with Crippen molar-refractivity contribution in [1.29, 1.82) is 0 Å². The summed E-state index contributed by atoms with van der Waals surface area (Å²) in [4.78, 5) is 4.84. The predicted molar refractivity (Wildman–Crippen MR) is 105 cm³/mol. The van der Waals surface area contributed by atoms with Crippen LogP contribution in [0.4, 0.5) is 4.39 Å². The molecule has 144 valence electrons. The maximum Gasteiger partial charge on any atom is 0.182 e. The molecule has 5 rings (SSSR count). The largest absolute Gasteiger partial charge is 0.481 e. The van der Waals surface area contributed by atoms with Gasteiger partial charge in [0.05, 0.1) is 29.5 Å². The molecule has 0 unspecified atom stereocenters. The number of fused-ring (bicyclic) bond motifs is 5. The van der Waals surface area contributed by atoms with Crippen LogP contribution in [0.25, 0.3) is 5.00 Å². The van der Waals surface area contributed by atoms with Gasteiger partial charge in [-0.2, -0.15) is 0 Å². The molecule has 0 aliphatic carbocycles. The van der Waals surface area contributed by atoms with Crippen molar-refractivity contribution < 1.29 is 13.9 Å². The normalized spacial score (nSPS) is 18.3. The first-order valence-corrected chi connectivity index (χ1v) is 10.1. The van der Waals surface area contributed by atoms with Gasteiger partial charge in [0.15, 0.2) is 10.9 Å².